The molecule has 1 aromatic rings. The highest BCUT2D eigenvalue weighted by Gasteiger charge is 2.31. The summed E-state index contributed by atoms with van der Waals surface area (Å²) in [6.07, 6.45) is -3.96. The lowest BCUT2D eigenvalue weighted by Crippen LogP contribution is -2.40. The zero-order chi connectivity index (χ0) is 15.2. The number of nitrogens with one attached hydrogen (secondary N) is 1. The Labute approximate surface area is 117 Å². The second-order valence-electron chi connectivity index (χ2n) is 4.50. The quantitative estimate of drug-likeness (QED) is 0.837. The molecule has 20 heavy (non-hydrogen) atoms. The molecule has 0 saturated carbocycles. The summed E-state index contributed by atoms with van der Waals surface area (Å²) in [6.45, 7) is 4.75. The molecule has 3 nitrogen and oxygen atoms in total. The van der Waals surface area contributed by atoms with Crippen LogP contribution in [-0.2, 0) is 11.2 Å². The van der Waals surface area contributed by atoms with E-state index >= 15 is 0 Å². The Kier molecular flexibility index (Phi) is 6.29. The van der Waals surface area contributed by atoms with E-state index in [4.69, 9.17) is 4.74 Å². The minimum absolute atomic E-state index is 0.0149. The third-order valence-corrected chi connectivity index (χ3v) is 3.02. The number of hydrogen-bond donors (Lipinski definition) is 1. The van der Waals surface area contributed by atoms with Crippen molar-refractivity contribution in [3.63, 3.8) is 0 Å². The van der Waals surface area contributed by atoms with Crippen molar-refractivity contribution in [2.24, 2.45) is 0 Å². The van der Waals surface area contributed by atoms with Crippen LogP contribution in [0.25, 0.3) is 0 Å². The van der Waals surface area contributed by atoms with Crippen LogP contribution >= 0.6 is 0 Å². The molecule has 0 saturated heterocycles. The summed E-state index contributed by atoms with van der Waals surface area (Å²) in [7, 11) is 1.63. The maximum atomic E-state index is 12.1. The first-order valence-corrected chi connectivity index (χ1v) is 6.46. The molecule has 0 amide bonds. The molecule has 2 atom stereocenters. The Morgan fingerprint density at radius 2 is 1.80 bits per heavy atom. The van der Waals surface area contributed by atoms with Gasteiger partial charge in [-0.3, -0.25) is 0 Å². The van der Waals surface area contributed by atoms with Gasteiger partial charge in [-0.25, -0.2) is 0 Å². The van der Waals surface area contributed by atoms with Crippen LogP contribution < -0.4 is 10.1 Å². The molecule has 0 aliphatic heterocycles. The van der Waals surface area contributed by atoms with E-state index in [0.29, 0.717) is 6.42 Å². The van der Waals surface area contributed by atoms with Gasteiger partial charge in [0.15, 0.2) is 0 Å². The largest absolute Gasteiger partial charge is 0.573 e. The van der Waals surface area contributed by atoms with Gasteiger partial charge < -0.3 is 14.8 Å². The van der Waals surface area contributed by atoms with Gasteiger partial charge in [-0.1, -0.05) is 19.1 Å². The SMILES string of the molecule is CCNC(Cc1ccc(OC(F)(F)F)cc1)C(C)OC. The van der Waals surface area contributed by atoms with Crippen molar-refractivity contribution in [3.8, 4) is 5.75 Å². The average Bonchev–Trinajstić information content (AvgIpc) is 2.38. The standard InChI is InChI=1S/C14H20F3NO2/c1-4-18-13(10(2)19-3)9-11-5-7-12(8-6-11)20-14(15,16)17/h5-8,10,13,18H,4,9H2,1-3H3. The summed E-state index contributed by atoms with van der Waals surface area (Å²) in [5, 5.41) is 3.30. The Hall–Kier alpha value is -1.27. The van der Waals surface area contributed by atoms with Crippen LogP contribution in [0, 0.1) is 0 Å². The molecule has 114 valence electrons. The Bertz CT molecular complexity index is 392. The molecule has 1 N–H and O–H groups in total. The molecule has 2 unspecified atom stereocenters. The van der Waals surface area contributed by atoms with Gasteiger partial charge >= 0.3 is 6.36 Å². The van der Waals surface area contributed by atoms with Crippen LogP contribution in [0.1, 0.15) is 19.4 Å². The number of rotatable bonds is 7. The van der Waals surface area contributed by atoms with E-state index in [-0.39, 0.29) is 17.9 Å². The van der Waals surface area contributed by atoms with Crippen LogP contribution in [0.5, 0.6) is 5.75 Å². The monoisotopic (exact) mass is 291 g/mol. The highest BCUT2D eigenvalue weighted by molar-refractivity contribution is 5.28. The molecule has 1 rings (SSSR count). The zero-order valence-corrected chi connectivity index (χ0v) is 11.8. The van der Waals surface area contributed by atoms with E-state index in [0.717, 1.165) is 12.1 Å². The number of hydrogen-bond acceptors (Lipinski definition) is 3. The second kappa shape index (κ2) is 7.50. The molecule has 0 bridgehead atoms. The van der Waals surface area contributed by atoms with Gasteiger partial charge in [-0.15, -0.1) is 13.2 Å². The first-order valence-electron chi connectivity index (χ1n) is 6.46. The molecule has 0 aliphatic carbocycles. The number of alkyl halides is 3. The van der Waals surface area contributed by atoms with E-state index in [1.54, 1.807) is 19.2 Å². The zero-order valence-electron chi connectivity index (χ0n) is 11.8. The van der Waals surface area contributed by atoms with Gasteiger partial charge in [0, 0.05) is 13.2 Å². The van der Waals surface area contributed by atoms with E-state index in [2.05, 4.69) is 10.1 Å². The molecule has 6 heteroatoms. The Morgan fingerprint density at radius 1 is 1.20 bits per heavy atom. The molecular weight excluding hydrogens is 271 g/mol. The fraction of sp³-hybridized carbons (Fsp3) is 0.571. The molecule has 0 fully saturated rings. The van der Waals surface area contributed by atoms with Gasteiger partial charge in [0.05, 0.1) is 6.10 Å². The molecule has 0 aromatic heterocycles. The minimum Gasteiger partial charge on any atom is -0.406 e. The maximum absolute atomic E-state index is 12.1. The van der Waals surface area contributed by atoms with Crippen molar-refractivity contribution in [1.82, 2.24) is 5.32 Å². The predicted molar refractivity (Wildman–Crippen MR) is 70.8 cm³/mol. The highest BCUT2D eigenvalue weighted by atomic mass is 19.4. The first kappa shape index (κ1) is 16.8. The van der Waals surface area contributed by atoms with Crippen molar-refractivity contribution in [3.05, 3.63) is 29.8 Å². The molecule has 1 aromatic carbocycles. The van der Waals surface area contributed by atoms with Gasteiger partial charge in [-0.05, 0) is 37.6 Å². The van der Waals surface area contributed by atoms with Crippen LogP contribution in [0.2, 0.25) is 0 Å². The van der Waals surface area contributed by atoms with Gasteiger partial charge in [-0.2, -0.15) is 0 Å². The van der Waals surface area contributed by atoms with Gasteiger partial charge in [0.2, 0.25) is 0 Å². The predicted octanol–water partition coefficient (Wildman–Crippen LogP) is 3.14. The van der Waals surface area contributed by atoms with Crippen molar-refractivity contribution in [2.75, 3.05) is 13.7 Å². The number of benzene rings is 1. The third-order valence-electron chi connectivity index (χ3n) is 3.02. The van der Waals surface area contributed by atoms with E-state index in [1.807, 2.05) is 13.8 Å². The van der Waals surface area contributed by atoms with Crippen LogP contribution in [0.3, 0.4) is 0 Å². The van der Waals surface area contributed by atoms with Crippen LogP contribution in [-0.4, -0.2) is 32.2 Å². The number of halogens is 3. The summed E-state index contributed by atoms with van der Waals surface area (Å²) < 4.78 is 45.3. The lowest BCUT2D eigenvalue weighted by Gasteiger charge is -2.23. The summed E-state index contributed by atoms with van der Waals surface area (Å²) in [5.74, 6) is -0.207. The van der Waals surface area contributed by atoms with E-state index in [9.17, 15) is 13.2 Å². The van der Waals surface area contributed by atoms with E-state index < -0.39 is 6.36 Å². The smallest absolute Gasteiger partial charge is 0.406 e. The lowest BCUT2D eigenvalue weighted by atomic mass is 10.0. The fourth-order valence-electron chi connectivity index (χ4n) is 1.91. The molecule has 0 spiro atoms. The number of methoxy groups -OCH3 is 1. The van der Waals surface area contributed by atoms with Crippen molar-refractivity contribution < 1.29 is 22.6 Å². The Balaban J connectivity index is 2.67. The van der Waals surface area contributed by atoms with Crippen LogP contribution in [0.4, 0.5) is 13.2 Å². The molecule has 0 radical (unpaired) electrons. The molecular formula is C14H20F3NO2. The van der Waals surface area contributed by atoms with E-state index in [1.165, 1.54) is 12.1 Å². The van der Waals surface area contributed by atoms with Crippen molar-refractivity contribution in [2.45, 2.75) is 38.8 Å². The summed E-state index contributed by atoms with van der Waals surface area (Å²) in [6, 6.07) is 6.02. The van der Waals surface area contributed by atoms with Gasteiger partial charge in [0.25, 0.3) is 0 Å². The van der Waals surface area contributed by atoms with Crippen molar-refractivity contribution in [1.29, 1.82) is 0 Å². The minimum atomic E-state index is -4.65. The highest BCUT2D eigenvalue weighted by Crippen LogP contribution is 2.23. The first-order chi connectivity index (χ1) is 9.35. The number of likely N-dealkylation sites (N-methyl/N-ethyl adjacent to an activating group) is 1. The molecule has 0 heterocycles. The second-order valence-corrected chi connectivity index (χ2v) is 4.50. The number of ether oxygens (including phenoxy) is 2. The van der Waals surface area contributed by atoms with Gasteiger partial charge in [0.1, 0.15) is 5.75 Å². The lowest BCUT2D eigenvalue weighted by molar-refractivity contribution is -0.274. The van der Waals surface area contributed by atoms with Crippen molar-refractivity contribution >= 4 is 0 Å². The average molecular weight is 291 g/mol. The third kappa shape index (κ3) is 5.79. The summed E-state index contributed by atoms with van der Waals surface area (Å²) in [5.41, 5.74) is 0.925. The summed E-state index contributed by atoms with van der Waals surface area (Å²) in [4.78, 5) is 0. The topological polar surface area (TPSA) is 30.5 Å². The van der Waals surface area contributed by atoms with Crippen LogP contribution in [0.15, 0.2) is 24.3 Å². The molecule has 0 aliphatic rings. The maximum Gasteiger partial charge on any atom is 0.573 e. The summed E-state index contributed by atoms with van der Waals surface area (Å²) >= 11 is 0. The Morgan fingerprint density at radius 3 is 2.25 bits per heavy atom. The fourth-order valence-corrected chi connectivity index (χ4v) is 1.91. The normalized spacial score (nSPS) is 14.9.